The average Bonchev–Trinajstić information content (AvgIpc) is 3.33. The minimum atomic E-state index is 0.731. The summed E-state index contributed by atoms with van der Waals surface area (Å²) in [6, 6.07) is 0. The molecule has 0 aliphatic carbocycles. The van der Waals surface area contributed by atoms with Crippen LogP contribution in [0.15, 0.2) is 12.4 Å². The second-order valence-electron chi connectivity index (χ2n) is 11.4. The highest BCUT2D eigenvalue weighted by Crippen LogP contribution is 2.26. The van der Waals surface area contributed by atoms with Gasteiger partial charge in [0.25, 0.3) is 5.82 Å². The monoisotopic (exact) mass is 490 g/mol. The molecule has 2 nitrogen and oxygen atoms in total. The van der Waals surface area contributed by atoms with Crippen LogP contribution in [0.1, 0.15) is 193 Å². The largest absolute Gasteiger partial charge is 0.257 e. The fourth-order valence-corrected chi connectivity index (χ4v) is 5.69. The Labute approximate surface area is 221 Å². The summed E-state index contributed by atoms with van der Waals surface area (Å²) >= 11 is 0. The van der Waals surface area contributed by atoms with Crippen LogP contribution in [0.25, 0.3) is 0 Å². The molecule has 0 aliphatic heterocycles. The van der Waals surface area contributed by atoms with E-state index in [9.17, 15) is 0 Å². The van der Waals surface area contributed by atoms with Gasteiger partial charge in [-0.3, -0.25) is 0 Å². The molecule has 35 heavy (non-hydrogen) atoms. The summed E-state index contributed by atoms with van der Waals surface area (Å²) < 4.78 is 2.50. The van der Waals surface area contributed by atoms with E-state index >= 15 is 0 Å². The number of aromatic amines is 1. The Morgan fingerprint density at radius 3 is 1.26 bits per heavy atom. The van der Waals surface area contributed by atoms with Crippen LogP contribution in [0.4, 0.5) is 0 Å². The standard InChI is InChI=1S/C33H64N2/c1-4-7-9-11-13-15-16-17-18-19-20-22-24-26-28-32(33-34-29-31-35(33)30-6-3)27-25-23-21-14-12-10-8-5-2/h29,31-32H,4-28,30H2,1-3H3/p+1/t32-/m0/s1. The molecule has 0 amide bonds. The molecule has 0 bridgehead atoms. The van der Waals surface area contributed by atoms with Gasteiger partial charge in [-0.2, -0.15) is 0 Å². The molecule has 0 saturated carbocycles. The topological polar surface area (TPSA) is 19.7 Å². The fourth-order valence-electron chi connectivity index (χ4n) is 5.69. The lowest BCUT2D eigenvalue weighted by Gasteiger charge is -2.14. The number of nitrogens with one attached hydrogen (secondary N) is 1. The number of aromatic nitrogens is 2. The highest BCUT2D eigenvalue weighted by atomic mass is 15.1. The first-order chi connectivity index (χ1) is 17.3. The highest BCUT2D eigenvalue weighted by molar-refractivity contribution is 4.90. The first-order valence-corrected chi connectivity index (χ1v) is 16.4. The van der Waals surface area contributed by atoms with E-state index in [1.54, 1.807) is 0 Å². The van der Waals surface area contributed by atoms with Crippen LogP contribution < -0.4 is 4.57 Å². The van der Waals surface area contributed by atoms with Crippen molar-refractivity contribution in [3.63, 3.8) is 0 Å². The van der Waals surface area contributed by atoms with Crippen LogP contribution in [-0.2, 0) is 6.54 Å². The molecule has 1 aromatic rings. The van der Waals surface area contributed by atoms with Crippen LogP contribution in [0.5, 0.6) is 0 Å². The van der Waals surface area contributed by atoms with E-state index in [1.807, 2.05) is 0 Å². The Balaban J connectivity index is 2.15. The maximum Gasteiger partial charge on any atom is 0.257 e. The summed E-state index contributed by atoms with van der Waals surface area (Å²) in [5.41, 5.74) is 0. The van der Waals surface area contributed by atoms with E-state index in [2.05, 4.69) is 42.7 Å². The van der Waals surface area contributed by atoms with Crippen LogP contribution >= 0.6 is 0 Å². The molecule has 1 aromatic heterocycles. The van der Waals surface area contributed by atoms with Crippen molar-refractivity contribution < 1.29 is 4.57 Å². The molecule has 0 aliphatic rings. The predicted molar refractivity (Wildman–Crippen MR) is 156 cm³/mol. The summed E-state index contributed by atoms with van der Waals surface area (Å²) in [6.45, 7) is 8.07. The molecule has 2 heteroatoms. The molecule has 0 saturated heterocycles. The van der Waals surface area contributed by atoms with Crippen LogP contribution in [0, 0.1) is 0 Å². The van der Waals surface area contributed by atoms with Crippen LogP contribution in [0.3, 0.4) is 0 Å². The van der Waals surface area contributed by atoms with Crippen molar-refractivity contribution in [2.75, 3.05) is 0 Å². The summed E-state index contributed by atoms with van der Waals surface area (Å²) in [7, 11) is 0. The summed E-state index contributed by atoms with van der Waals surface area (Å²) in [5, 5.41) is 0. The third-order valence-electron chi connectivity index (χ3n) is 7.96. The number of hydrogen-bond acceptors (Lipinski definition) is 0. The van der Waals surface area contributed by atoms with E-state index in [-0.39, 0.29) is 0 Å². The Bertz CT molecular complexity index is 535. The van der Waals surface area contributed by atoms with Crippen molar-refractivity contribution in [1.29, 1.82) is 0 Å². The SMILES string of the molecule is CCCCCCCCCCCCCCCC[C@H](CCCCCCCCCC)c1[nH]cc[n+]1CCC. The van der Waals surface area contributed by atoms with Gasteiger partial charge in [-0.1, -0.05) is 162 Å². The van der Waals surface area contributed by atoms with Crippen LogP contribution in [-0.4, -0.2) is 4.98 Å². The van der Waals surface area contributed by atoms with E-state index in [0.29, 0.717) is 0 Å². The van der Waals surface area contributed by atoms with Gasteiger partial charge in [0.05, 0.1) is 12.5 Å². The molecule has 1 heterocycles. The van der Waals surface area contributed by atoms with Gasteiger partial charge < -0.3 is 0 Å². The average molecular weight is 490 g/mol. The number of unbranched alkanes of at least 4 members (excludes halogenated alkanes) is 20. The second-order valence-corrected chi connectivity index (χ2v) is 11.4. The number of hydrogen-bond donors (Lipinski definition) is 1. The van der Waals surface area contributed by atoms with Gasteiger partial charge in [0.15, 0.2) is 0 Å². The first-order valence-electron chi connectivity index (χ1n) is 16.4. The van der Waals surface area contributed by atoms with Gasteiger partial charge in [-0.15, -0.1) is 0 Å². The van der Waals surface area contributed by atoms with Crippen molar-refractivity contribution in [3.8, 4) is 0 Å². The molecule has 0 unspecified atom stereocenters. The van der Waals surface area contributed by atoms with Crippen molar-refractivity contribution in [2.24, 2.45) is 0 Å². The molecule has 0 spiro atoms. The lowest BCUT2D eigenvalue weighted by Crippen LogP contribution is -2.37. The van der Waals surface area contributed by atoms with E-state index in [1.165, 1.54) is 166 Å². The number of nitrogens with zero attached hydrogens (tertiary/aromatic N) is 1. The third-order valence-corrected chi connectivity index (χ3v) is 7.96. The first kappa shape index (κ1) is 32.2. The van der Waals surface area contributed by atoms with Crippen molar-refractivity contribution in [3.05, 3.63) is 18.2 Å². The molecular formula is C33H65N2+. The smallest absolute Gasteiger partial charge is 0.247 e. The highest BCUT2D eigenvalue weighted by Gasteiger charge is 2.22. The van der Waals surface area contributed by atoms with Gasteiger partial charge in [0, 0.05) is 0 Å². The van der Waals surface area contributed by atoms with Gasteiger partial charge >= 0.3 is 0 Å². The lowest BCUT2D eigenvalue weighted by molar-refractivity contribution is -0.704. The minimum absolute atomic E-state index is 0.731. The molecule has 0 radical (unpaired) electrons. The Morgan fingerprint density at radius 2 is 0.886 bits per heavy atom. The lowest BCUT2D eigenvalue weighted by atomic mass is 9.93. The van der Waals surface area contributed by atoms with Gasteiger partial charge in [-0.05, 0) is 19.3 Å². The zero-order chi connectivity index (χ0) is 25.2. The summed E-state index contributed by atoms with van der Waals surface area (Å²) in [5.74, 6) is 2.23. The minimum Gasteiger partial charge on any atom is -0.247 e. The molecule has 0 aromatic carbocycles. The van der Waals surface area contributed by atoms with Crippen molar-refractivity contribution >= 4 is 0 Å². The maximum atomic E-state index is 3.63. The molecule has 0 fully saturated rings. The third kappa shape index (κ3) is 18.2. The van der Waals surface area contributed by atoms with E-state index in [0.717, 1.165) is 12.5 Å². The zero-order valence-corrected chi connectivity index (χ0v) is 24.6. The predicted octanol–water partition coefficient (Wildman–Crippen LogP) is 11.2. The summed E-state index contributed by atoms with van der Waals surface area (Å²) in [6.07, 6.45) is 40.1. The molecule has 1 N–H and O–H groups in total. The number of aryl methyl sites for hydroxylation is 1. The molecular weight excluding hydrogens is 424 g/mol. The number of rotatable bonds is 27. The maximum absolute atomic E-state index is 3.63. The molecule has 206 valence electrons. The number of imidazole rings is 1. The Hall–Kier alpha value is -0.790. The van der Waals surface area contributed by atoms with Gasteiger partial charge in [0.2, 0.25) is 0 Å². The van der Waals surface area contributed by atoms with Crippen LogP contribution in [0.2, 0.25) is 0 Å². The van der Waals surface area contributed by atoms with Crippen molar-refractivity contribution in [1.82, 2.24) is 4.98 Å². The van der Waals surface area contributed by atoms with Gasteiger partial charge in [0.1, 0.15) is 12.4 Å². The summed E-state index contributed by atoms with van der Waals surface area (Å²) in [4.78, 5) is 3.63. The fraction of sp³-hybridized carbons (Fsp3) is 0.909. The molecule has 1 atom stereocenters. The second kappa shape index (κ2) is 24.9. The van der Waals surface area contributed by atoms with E-state index in [4.69, 9.17) is 0 Å². The Kier molecular flexibility index (Phi) is 22.9. The Morgan fingerprint density at radius 1 is 0.514 bits per heavy atom. The zero-order valence-electron chi connectivity index (χ0n) is 24.6. The van der Waals surface area contributed by atoms with E-state index < -0.39 is 0 Å². The van der Waals surface area contributed by atoms with Crippen molar-refractivity contribution in [2.45, 2.75) is 194 Å². The molecule has 1 rings (SSSR count). The number of H-pyrrole nitrogens is 1. The van der Waals surface area contributed by atoms with Gasteiger partial charge in [-0.25, -0.2) is 9.55 Å². The normalized spacial score (nSPS) is 12.4. The quantitative estimate of drug-likeness (QED) is 0.0936.